The Hall–Kier alpha value is -1.97. The van der Waals surface area contributed by atoms with Crippen LogP contribution in [0, 0.1) is 0 Å². The number of aryl methyl sites for hydroxylation is 1. The number of fused-ring (bicyclic) bond motifs is 1. The molecule has 0 saturated heterocycles. The van der Waals surface area contributed by atoms with Crippen LogP contribution in [0.2, 0.25) is 0 Å². The van der Waals surface area contributed by atoms with E-state index in [1.807, 2.05) is 31.9 Å². The van der Waals surface area contributed by atoms with Crippen LogP contribution in [-0.2, 0) is 13.6 Å². The number of aromatic nitrogens is 3. The summed E-state index contributed by atoms with van der Waals surface area (Å²) in [4.78, 5) is 8.57. The van der Waals surface area contributed by atoms with Gasteiger partial charge >= 0.3 is 0 Å². The number of hydrogen-bond donors (Lipinski definition) is 0. The molecule has 0 unspecified atom stereocenters. The van der Waals surface area contributed by atoms with Crippen molar-refractivity contribution in [2.45, 2.75) is 6.54 Å². The quantitative estimate of drug-likeness (QED) is 0.695. The lowest BCUT2D eigenvalue weighted by Crippen LogP contribution is -1.90. The van der Waals surface area contributed by atoms with Crippen molar-refractivity contribution in [2.75, 3.05) is 0 Å². The molecule has 1 aliphatic heterocycles. The van der Waals surface area contributed by atoms with Gasteiger partial charge in [0.15, 0.2) is 0 Å². The monoisotopic (exact) mass is 198 g/mol. The first-order valence-electron chi connectivity index (χ1n) is 4.81. The van der Waals surface area contributed by atoms with Gasteiger partial charge in [0.1, 0.15) is 0 Å². The van der Waals surface area contributed by atoms with E-state index < -0.39 is 0 Å². The Bertz CT molecular complexity index is 539. The molecule has 2 aromatic rings. The predicted molar refractivity (Wildman–Crippen MR) is 57.7 cm³/mol. The molecule has 0 fully saturated rings. The van der Waals surface area contributed by atoms with Gasteiger partial charge in [0.2, 0.25) is 0 Å². The molecule has 74 valence electrons. The molecular formula is C11H10N4. The molecule has 4 heteroatoms. The van der Waals surface area contributed by atoms with Gasteiger partial charge in [-0.05, 0) is 6.07 Å². The minimum atomic E-state index is 0.711. The lowest BCUT2D eigenvalue weighted by Gasteiger charge is -1.99. The Kier molecular flexibility index (Phi) is 1.68. The van der Waals surface area contributed by atoms with Gasteiger partial charge in [-0.3, -0.25) is 14.7 Å². The highest BCUT2D eigenvalue weighted by atomic mass is 15.2. The van der Waals surface area contributed by atoms with E-state index >= 15 is 0 Å². The zero-order valence-corrected chi connectivity index (χ0v) is 8.38. The van der Waals surface area contributed by atoms with E-state index in [4.69, 9.17) is 0 Å². The first kappa shape index (κ1) is 8.35. The molecule has 1 aliphatic rings. The summed E-state index contributed by atoms with van der Waals surface area (Å²) >= 11 is 0. The maximum absolute atomic E-state index is 4.38. The van der Waals surface area contributed by atoms with E-state index in [2.05, 4.69) is 21.1 Å². The Balaban J connectivity index is 2.10. The molecule has 4 nitrogen and oxygen atoms in total. The largest absolute Gasteiger partial charge is 0.286 e. The molecule has 0 bridgehead atoms. The van der Waals surface area contributed by atoms with Crippen molar-refractivity contribution >= 4 is 6.21 Å². The SMILES string of the molecule is Cn1cc(-c2cnc3c(c2)C=NC3)cn1. The molecule has 0 saturated carbocycles. The molecular weight excluding hydrogens is 188 g/mol. The van der Waals surface area contributed by atoms with Gasteiger partial charge in [0, 0.05) is 42.3 Å². The third-order valence-corrected chi connectivity index (χ3v) is 2.51. The summed E-state index contributed by atoms with van der Waals surface area (Å²) in [7, 11) is 1.91. The highest BCUT2D eigenvalue weighted by Crippen LogP contribution is 2.21. The summed E-state index contributed by atoms with van der Waals surface area (Å²) in [6.07, 6.45) is 7.58. The van der Waals surface area contributed by atoms with Crippen molar-refractivity contribution in [1.82, 2.24) is 14.8 Å². The first-order valence-corrected chi connectivity index (χ1v) is 4.81. The summed E-state index contributed by atoms with van der Waals surface area (Å²) in [5, 5.41) is 4.14. The van der Waals surface area contributed by atoms with E-state index in [1.54, 1.807) is 4.68 Å². The molecule has 0 aromatic carbocycles. The van der Waals surface area contributed by atoms with Crippen LogP contribution in [0.25, 0.3) is 11.1 Å². The Morgan fingerprint density at radius 2 is 2.20 bits per heavy atom. The Labute approximate surface area is 87.3 Å². The molecule has 0 spiro atoms. The molecule has 0 N–H and O–H groups in total. The molecule has 0 atom stereocenters. The minimum absolute atomic E-state index is 0.711. The van der Waals surface area contributed by atoms with E-state index in [1.165, 1.54) is 0 Å². The van der Waals surface area contributed by atoms with Crippen LogP contribution in [0.4, 0.5) is 0 Å². The first-order chi connectivity index (χ1) is 7.33. The zero-order chi connectivity index (χ0) is 10.3. The smallest absolute Gasteiger partial charge is 0.0818 e. The topological polar surface area (TPSA) is 43.1 Å². The van der Waals surface area contributed by atoms with E-state index in [0.717, 1.165) is 22.4 Å². The van der Waals surface area contributed by atoms with Crippen LogP contribution in [0.1, 0.15) is 11.3 Å². The molecule has 2 aromatic heterocycles. The van der Waals surface area contributed by atoms with Gasteiger partial charge in [0.25, 0.3) is 0 Å². The van der Waals surface area contributed by atoms with Crippen molar-refractivity contribution in [1.29, 1.82) is 0 Å². The third kappa shape index (κ3) is 1.34. The second kappa shape index (κ2) is 3.02. The van der Waals surface area contributed by atoms with Gasteiger partial charge in [-0.25, -0.2) is 0 Å². The van der Waals surface area contributed by atoms with Crippen molar-refractivity contribution in [3.63, 3.8) is 0 Å². The highest BCUT2D eigenvalue weighted by molar-refractivity contribution is 5.85. The summed E-state index contributed by atoms with van der Waals surface area (Å²) < 4.78 is 1.79. The maximum atomic E-state index is 4.38. The summed E-state index contributed by atoms with van der Waals surface area (Å²) in [5.74, 6) is 0. The second-order valence-electron chi connectivity index (χ2n) is 3.63. The molecule has 0 aliphatic carbocycles. The average molecular weight is 198 g/mol. The number of pyridine rings is 1. The van der Waals surface area contributed by atoms with Crippen LogP contribution >= 0.6 is 0 Å². The van der Waals surface area contributed by atoms with Crippen LogP contribution < -0.4 is 0 Å². The normalized spacial score (nSPS) is 13.1. The summed E-state index contributed by atoms with van der Waals surface area (Å²) in [6, 6.07) is 2.11. The van der Waals surface area contributed by atoms with Gasteiger partial charge in [-0.15, -0.1) is 0 Å². The fourth-order valence-corrected chi connectivity index (χ4v) is 1.71. The lowest BCUT2D eigenvalue weighted by molar-refractivity contribution is 0.768. The zero-order valence-electron chi connectivity index (χ0n) is 8.38. The number of rotatable bonds is 1. The average Bonchev–Trinajstić information content (AvgIpc) is 2.84. The molecule has 3 heterocycles. The third-order valence-electron chi connectivity index (χ3n) is 2.51. The number of aliphatic imine (C=N–C) groups is 1. The predicted octanol–water partition coefficient (Wildman–Crippen LogP) is 1.41. The van der Waals surface area contributed by atoms with Gasteiger partial charge < -0.3 is 0 Å². The standard InChI is InChI=1S/C11H10N4/c1-15-7-10(5-14-15)8-2-9-3-12-6-11(9)13-4-8/h2-5,7H,6H2,1H3. The summed E-state index contributed by atoms with van der Waals surface area (Å²) in [6.45, 7) is 0.711. The molecule has 0 amide bonds. The Morgan fingerprint density at radius 3 is 3.00 bits per heavy atom. The van der Waals surface area contributed by atoms with Crippen molar-refractivity contribution < 1.29 is 0 Å². The fraction of sp³-hybridized carbons (Fsp3) is 0.182. The van der Waals surface area contributed by atoms with Crippen molar-refractivity contribution in [3.05, 3.63) is 35.9 Å². The van der Waals surface area contributed by atoms with E-state index in [9.17, 15) is 0 Å². The van der Waals surface area contributed by atoms with Crippen LogP contribution in [-0.4, -0.2) is 21.0 Å². The van der Waals surface area contributed by atoms with Gasteiger partial charge in [0.05, 0.1) is 18.4 Å². The fourth-order valence-electron chi connectivity index (χ4n) is 1.71. The molecule has 3 rings (SSSR count). The molecule has 0 radical (unpaired) electrons. The van der Waals surface area contributed by atoms with Crippen molar-refractivity contribution in [2.24, 2.45) is 12.0 Å². The van der Waals surface area contributed by atoms with Gasteiger partial charge in [-0.2, -0.15) is 5.10 Å². The highest BCUT2D eigenvalue weighted by Gasteiger charge is 2.09. The van der Waals surface area contributed by atoms with Crippen LogP contribution in [0.5, 0.6) is 0 Å². The number of hydrogen-bond acceptors (Lipinski definition) is 3. The molecule has 15 heavy (non-hydrogen) atoms. The van der Waals surface area contributed by atoms with E-state index in [-0.39, 0.29) is 0 Å². The summed E-state index contributed by atoms with van der Waals surface area (Å²) in [5.41, 5.74) is 4.36. The van der Waals surface area contributed by atoms with Crippen molar-refractivity contribution in [3.8, 4) is 11.1 Å². The second-order valence-corrected chi connectivity index (χ2v) is 3.63. The Morgan fingerprint density at radius 1 is 1.27 bits per heavy atom. The maximum Gasteiger partial charge on any atom is 0.0818 e. The minimum Gasteiger partial charge on any atom is -0.286 e. The van der Waals surface area contributed by atoms with Gasteiger partial charge in [-0.1, -0.05) is 0 Å². The van der Waals surface area contributed by atoms with E-state index in [0.29, 0.717) is 6.54 Å². The van der Waals surface area contributed by atoms with Crippen LogP contribution in [0.3, 0.4) is 0 Å². The van der Waals surface area contributed by atoms with Crippen LogP contribution in [0.15, 0.2) is 29.6 Å². The lowest BCUT2D eigenvalue weighted by atomic mass is 10.1. The number of nitrogens with zero attached hydrogens (tertiary/aromatic N) is 4.